The van der Waals surface area contributed by atoms with Gasteiger partial charge >= 0.3 is 0 Å². The van der Waals surface area contributed by atoms with Crippen molar-refractivity contribution in [1.82, 2.24) is 10.2 Å². The molecule has 3 N–H and O–H groups in total. The van der Waals surface area contributed by atoms with Gasteiger partial charge in [0.05, 0.1) is 5.54 Å². The summed E-state index contributed by atoms with van der Waals surface area (Å²) in [5.74, 6) is 0.0465. The van der Waals surface area contributed by atoms with Gasteiger partial charge in [0.25, 0.3) is 0 Å². The number of carbonyl (C=O) groups excluding carboxylic acids is 1. The van der Waals surface area contributed by atoms with Gasteiger partial charge in [-0.05, 0) is 27.3 Å². The second-order valence-corrected chi connectivity index (χ2v) is 4.25. The number of nitrogens with two attached hydrogens (primary N) is 1. The van der Waals surface area contributed by atoms with Gasteiger partial charge in [-0.1, -0.05) is 0 Å². The lowest BCUT2D eigenvalue weighted by atomic mass is 10.1. The third-order valence-corrected chi connectivity index (χ3v) is 2.43. The molecular formula is C9H20ClN3O. The Morgan fingerprint density at radius 1 is 1.57 bits per heavy atom. The van der Waals surface area contributed by atoms with E-state index in [-0.39, 0.29) is 18.3 Å². The summed E-state index contributed by atoms with van der Waals surface area (Å²) in [6.45, 7) is 5.12. The Bertz CT molecular complexity index is 203. The topological polar surface area (TPSA) is 58.4 Å². The van der Waals surface area contributed by atoms with Gasteiger partial charge in [-0.15, -0.1) is 12.4 Å². The molecular weight excluding hydrogens is 202 g/mol. The summed E-state index contributed by atoms with van der Waals surface area (Å²) >= 11 is 0. The molecule has 5 heteroatoms. The lowest BCUT2D eigenvalue weighted by Gasteiger charge is -2.25. The summed E-state index contributed by atoms with van der Waals surface area (Å²) in [7, 11) is 1.92. The maximum Gasteiger partial charge on any atom is 0.242 e. The molecule has 0 aromatic carbocycles. The van der Waals surface area contributed by atoms with E-state index in [0.717, 1.165) is 19.5 Å². The number of nitrogens with zero attached hydrogens (tertiary/aromatic N) is 1. The number of hydrogen-bond donors (Lipinski definition) is 2. The highest BCUT2D eigenvalue weighted by Gasteiger charge is 2.32. The molecule has 0 aromatic rings. The van der Waals surface area contributed by atoms with Gasteiger partial charge in [0, 0.05) is 19.1 Å². The minimum absolute atomic E-state index is 0. The van der Waals surface area contributed by atoms with Crippen molar-refractivity contribution < 1.29 is 4.79 Å². The van der Waals surface area contributed by atoms with Crippen LogP contribution in [0.25, 0.3) is 0 Å². The summed E-state index contributed by atoms with van der Waals surface area (Å²) in [6.07, 6.45) is 1.03. The van der Waals surface area contributed by atoms with E-state index in [1.165, 1.54) is 0 Å². The quantitative estimate of drug-likeness (QED) is 0.689. The molecule has 0 aliphatic carbocycles. The number of amides is 1. The molecule has 1 aliphatic heterocycles. The molecule has 0 aromatic heterocycles. The van der Waals surface area contributed by atoms with E-state index >= 15 is 0 Å². The first kappa shape index (κ1) is 13.7. The minimum Gasteiger partial charge on any atom is -0.339 e. The van der Waals surface area contributed by atoms with E-state index in [0.29, 0.717) is 6.04 Å². The fraction of sp³-hybridized carbons (Fsp3) is 0.889. The van der Waals surface area contributed by atoms with Crippen molar-refractivity contribution in [3.63, 3.8) is 0 Å². The monoisotopic (exact) mass is 221 g/mol. The van der Waals surface area contributed by atoms with Gasteiger partial charge in [-0.2, -0.15) is 0 Å². The van der Waals surface area contributed by atoms with Crippen LogP contribution in [0.3, 0.4) is 0 Å². The highest BCUT2D eigenvalue weighted by Crippen LogP contribution is 2.13. The molecule has 1 heterocycles. The Morgan fingerprint density at radius 2 is 2.14 bits per heavy atom. The number of halogens is 1. The zero-order valence-corrected chi connectivity index (χ0v) is 9.86. The molecule has 1 unspecified atom stereocenters. The maximum atomic E-state index is 11.7. The molecule has 1 rings (SSSR count). The van der Waals surface area contributed by atoms with Crippen LogP contribution < -0.4 is 11.1 Å². The van der Waals surface area contributed by atoms with Gasteiger partial charge in [-0.25, -0.2) is 0 Å². The van der Waals surface area contributed by atoms with Gasteiger partial charge in [-0.3, -0.25) is 4.79 Å². The second kappa shape index (κ2) is 4.96. The summed E-state index contributed by atoms with van der Waals surface area (Å²) in [5, 5.41) is 3.17. The maximum absolute atomic E-state index is 11.7. The zero-order chi connectivity index (χ0) is 10.1. The van der Waals surface area contributed by atoms with Gasteiger partial charge in [0.2, 0.25) is 5.91 Å². The highest BCUT2D eigenvalue weighted by molar-refractivity contribution is 5.85. The van der Waals surface area contributed by atoms with Crippen LogP contribution in [0.15, 0.2) is 0 Å². The molecule has 1 fully saturated rings. The summed E-state index contributed by atoms with van der Waals surface area (Å²) < 4.78 is 0. The third kappa shape index (κ3) is 3.12. The van der Waals surface area contributed by atoms with E-state index in [1.807, 2.05) is 11.9 Å². The van der Waals surface area contributed by atoms with Crippen molar-refractivity contribution in [3.05, 3.63) is 0 Å². The highest BCUT2D eigenvalue weighted by atomic mass is 35.5. The average molecular weight is 222 g/mol. The van der Waals surface area contributed by atoms with Crippen molar-refractivity contribution in [2.24, 2.45) is 5.73 Å². The van der Waals surface area contributed by atoms with Crippen molar-refractivity contribution in [1.29, 1.82) is 0 Å². The lowest BCUT2D eigenvalue weighted by molar-refractivity contribution is -0.134. The molecule has 84 valence electrons. The molecule has 0 radical (unpaired) electrons. The first-order chi connectivity index (χ1) is 5.95. The summed E-state index contributed by atoms with van der Waals surface area (Å²) in [5.41, 5.74) is 5.00. The Morgan fingerprint density at radius 3 is 2.50 bits per heavy atom. The molecule has 1 saturated heterocycles. The molecule has 4 nitrogen and oxygen atoms in total. The van der Waals surface area contributed by atoms with Crippen LogP contribution in [0.2, 0.25) is 0 Å². The first-order valence-electron chi connectivity index (χ1n) is 4.70. The smallest absolute Gasteiger partial charge is 0.242 e. The van der Waals surface area contributed by atoms with Crippen LogP contribution in [-0.2, 0) is 4.79 Å². The fourth-order valence-electron chi connectivity index (χ4n) is 1.59. The summed E-state index contributed by atoms with van der Waals surface area (Å²) in [4.78, 5) is 13.5. The second-order valence-electron chi connectivity index (χ2n) is 4.25. The van der Waals surface area contributed by atoms with E-state index < -0.39 is 5.54 Å². The van der Waals surface area contributed by atoms with Gasteiger partial charge in [0.1, 0.15) is 0 Å². The van der Waals surface area contributed by atoms with Crippen LogP contribution >= 0.6 is 12.4 Å². The van der Waals surface area contributed by atoms with E-state index in [2.05, 4.69) is 5.32 Å². The van der Waals surface area contributed by atoms with Crippen molar-refractivity contribution >= 4 is 18.3 Å². The number of likely N-dealkylation sites (tertiary alicyclic amines) is 1. The Balaban J connectivity index is 0.00000169. The average Bonchev–Trinajstić information content (AvgIpc) is 2.48. The van der Waals surface area contributed by atoms with Crippen molar-refractivity contribution in [3.8, 4) is 0 Å². The number of nitrogens with one attached hydrogen (secondary N) is 1. The van der Waals surface area contributed by atoms with Crippen LogP contribution in [0.5, 0.6) is 0 Å². The van der Waals surface area contributed by atoms with E-state index in [9.17, 15) is 4.79 Å². The Labute approximate surface area is 91.6 Å². The van der Waals surface area contributed by atoms with Crippen LogP contribution in [0.4, 0.5) is 0 Å². The Kier molecular flexibility index (Phi) is 4.84. The van der Waals surface area contributed by atoms with Crippen LogP contribution in [0, 0.1) is 0 Å². The van der Waals surface area contributed by atoms with Gasteiger partial charge in [0.15, 0.2) is 0 Å². The largest absolute Gasteiger partial charge is 0.339 e. The lowest BCUT2D eigenvalue weighted by Crippen LogP contribution is -2.50. The minimum atomic E-state index is -0.734. The third-order valence-electron chi connectivity index (χ3n) is 2.43. The zero-order valence-electron chi connectivity index (χ0n) is 9.04. The Hall–Kier alpha value is -0.320. The first-order valence-corrected chi connectivity index (χ1v) is 4.70. The number of likely N-dealkylation sites (N-methyl/N-ethyl adjacent to an activating group) is 1. The molecule has 0 saturated carbocycles. The normalized spacial score (nSPS) is 22.0. The molecule has 1 amide bonds. The van der Waals surface area contributed by atoms with Crippen molar-refractivity contribution in [2.75, 3.05) is 20.1 Å². The standard InChI is InChI=1S/C9H19N3O.ClH/c1-9(2,10)8(13)12-5-4-7(6-12)11-3;/h7,11H,4-6,10H2,1-3H3;1H. The van der Waals surface area contributed by atoms with E-state index in [4.69, 9.17) is 5.73 Å². The number of hydrogen-bond acceptors (Lipinski definition) is 3. The molecule has 14 heavy (non-hydrogen) atoms. The fourth-order valence-corrected chi connectivity index (χ4v) is 1.59. The predicted octanol–water partition coefficient (Wildman–Crippen LogP) is -0.0342. The SMILES string of the molecule is CNC1CCN(C(=O)C(C)(C)N)C1.Cl. The number of carbonyl (C=O) groups is 1. The van der Waals surface area contributed by atoms with Crippen LogP contribution in [-0.4, -0.2) is 42.5 Å². The molecule has 1 aliphatic rings. The predicted molar refractivity (Wildman–Crippen MR) is 59.6 cm³/mol. The number of rotatable bonds is 2. The van der Waals surface area contributed by atoms with E-state index in [1.54, 1.807) is 13.8 Å². The molecule has 1 atom stereocenters. The molecule has 0 bridgehead atoms. The molecule has 0 spiro atoms. The summed E-state index contributed by atoms with van der Waals surface area (Å²) in [6, 6.07) is 0.436. The van der Waals surface area contributed by atoms with Crippen LogP contribution in [0.1, 0.15) is 20.3 Å². The van der Waals surface area contributed by atoms with Gasteiger partial charge < -0.3 is 16.0 Å². The van der Waals surface area contributed by atoms with Crippen molar-refractivity contribution in [2.45, 2.75) is 31.8 Å².